The van der Waals surface area contributed by atoms with Gasteiger partial charge in [-0.2, -0.15) is 10.4 Å². The van der Waals surface area contributed by atoms with Crippen molar-refractivity contribution < 1.29 is 4.79 Å². The number of nitrogens with zero attached hydrogens (tertiary/aromatic N) is 2. The Labute approximate surface area is 86.2 Å². The molecule has 0 aliphatic carbocycles. The van der Waals surface area contributed by atoms with Crippen LogP contribution in [0.3, 0.4) is 0 Å². The molecular weight excluding hydrogens is 190 g/mol. The molecule has 15 heavy (non-hydrogen) atoms. The van der Waals surface area contributed by atoms with Gasteiger partial charge in [0.05, 0.1) is 29.1 Å². The number of hydrogen-bond donors (Lipinski definition) is 1. The second-order valence-corrected chi connectivity index (χ2v) is 3.01. The van der Waals surface area contributed by atoms with Crippen molar-refractivity contribution in [1.29, 1.82) is 5.26 Å². The normalized spacial score (nSPS) is 9.53. The molecule has 0 aliphatic heterocycles. The minimum atomic E-state index is 0.491. The van der Waals surface area contributed by atoms with Gasteiger partial charge in [0.15, 0.2) is 6.29 Å². The Balaban J connectivity index is 2.54. The standard InChI is InChI=1S/C11H7N3O/c12-5-8-2-1-3-9(4-8)11-10(7-15)6-13-14-11/h1-4,6-7H,(H,13,14). The van der Waals surface area contributed by atoms with Gasteiger partial charge < -0.3 is 0 Å². The molecule has 0 atom stereocenters. The quantitative estimate of drug-likeness (QED) is 0.746. The van der Waals surface area contributed by atoms with Crippen molar-refractivity contribution in [1.82, 2.24) is 10.2 Å². The Morgan fingerprint density at radius 1 is 1.47 bits per heavy atom. The average Bonchev–Trinajstić information content (AvgIpc) is 2.77. The molecular formula is C11H7N3O. The van der Waals surface area contributed by atoms with Crippen LogP contribution in [0, 0.1) is 11.3 Å². The fourth-order valence-electron chi connectivity index (χ4n) is 1.36. The zero-order valence-corrected chi connectivity index (χ0v) is 7.77. The molecule has 1 aromatic heterocycles. The fourth-order valence-corrected chi connectivity index (χ4v) is 1.36. The first-order valence-electron chi connectivity index (χ1n) is 4.34. The summed E-state index contributed by atoms with van der Waals surface area (Å²) in [7, 11) is 0. The highest BCUT2D eigenvalue weighted by molar-refractivity contribution is 5.85. The summed E-state index contributed by atoms with van der Waals surface area (Å²) in [6.07, 6.45) is 2.19. The van der Waals surface area contributed by atoms with E-state index in [0.717, 1.165) is 11.8 Å². The fraction of sp³-hybridized carbons (Fsp3) is 0. The number of carbonyl (C=O) groups is 1. The monoisotopic (exact) mass is 197 g/mol. The van der Waals surface area contributed by atoms with E-state index in [9.17, 15) is 4.79 Å². The third-order valence-electron chi connectivity index (χ3n) is 2.08. The van der Waals surface area contributed by atoms with E-state index in [-0.39, 0.29) is 0 Å². The molecule has 1 aromatic carbocycles. The van der Waals surface area contributed by atoms with Crippen LogP contribution in [0.1, 0.15) is 15.9 Å². The van der Waals surface area contributed by atoms with Gasteiger partial charge in [-0.05, 0) is 12.1 Å². The van der Waals surface area contributed by atoms with Crippen LogP contribution in [0.25, 0.3) is 11.3 Å². The van der Waals surface area contributed by atoms with Crippen LogP contribution in [0.4, 0.5) is 0 Å². The molecule has 2 rings (SSSR count). The van der Waals surface area contributed by atoms with E-state index in [1.54, 1.807) is 18.2 Å². The molecule has 0 saturated carbocycles. The summed E-state index contributed by atoms with van der Waals surface area (Å²) < 4.78 is 0. The molecule has 0 unspecified atom stereocenters. The average molecular weight is 197 g/mol. The first-order valence-corrected chi connectivity index (χ1v) is 4.34. The molecule has 0 saturated heterocycles. The van der Waals surface area contributed by atoms with Gasteiger partial charge in [-0.3, -0.25) is 9.89 Å². The van der Waals surface area contributed by atoms with Crippen molar-refractivity contribution in [3.63, 3.8) is 0 Å². The summed E-state index contributed by atoms with van der Waals surface area (Å²) in [5.41, 5.74) is 2.47. The van der Waals surface area contributed by atoms with Crippen LogP contribution in [-0.2, 0) is 0 Å². The van der Waals surface area contributed by atoms with Crippen LogP contribution in [0.5, 0.6) is 0 Å². The van der Waals surface area contributed by atoms with Gasteiger partial charge in [-0.15, -0.1) is 0 Å². The zero-order valence-electron chi connectivity index (χ0n) is 7.77. The highest BCUT2D eigenvalue weighted by atomic mass is 16.1. The third kappa shape index (κ3) is 1.63. The minimum absolute atomic E-state index is 0.491. The van der Waals surface area contributed by atoms with Crippen molar-refractivity contribution in [3.05, 3.63) is 41.6 Å². The number of aromatic amines is 1. The molecule has 4 nitrogen and oxygen atoms in total. The van der Waals surface area contributed by atoms with Crippen molar-refractivity contribution in [3.8, 4) is 17.3 Å². The van der Waals surface area contributed by atoms with Gasteiger partial charge in [0.25, 0.3) is 0 Å². The Morgan fingerprint density at radius 3 is 3.07 bits per heavy atom. The molecule has 0 radical (unpaired) electrons. The number of hydrogen-bond acceptors (Lipinski definition) is 3. The first-order chi connectivity index (χ1) is 7.35. The SMILES string of the molecule is N#Cc1cccc(-c2[nH]ncc2C=O)c1. The molecule has 1 heterocycles. The smallest absolute Gasteiger partial charge is 0.153 e. The Bertz CT molecular complexity index is 537. The molecule has 0 fully saturated rings. The number of carbonyl (C=O) groups excluding carboxylic acids is 1. The molecule has 0 spiro atoms. The van der Waals surface area contributed by atoms with Gasteiger partial charge in [0.1, 0.15) is 0 Å². The van der Waals surface area contributed by atoms with Gasteiger partial charge >= 0.3 is 0 Å². The molecule has 2 aromatic rings. The van der Waals surface area contributed by atoms with E-state index in [2.05, 4.69) is 10.2 Å². The van der Waals surface area contributed by atoms with E-state index < -0.39 is 0 Å². The Hall–Kier alpha value is -2.41. The number of aromatic nitrogens is 2. The Kier molecular flexibility index (Phi) is 2.30. The number of H-pyrrole nitrogens is 1. The Morgan fingerprint density at radius 2 is 2.33 bits per heavy atom. The highest BCUT2D eigenvalue weighted by Crippen LogP contribution is 2.20. The van der Waals surface area contributed by atoms with Crippen molar-refractivity contribution in [2.45, 2.75) is 0 Å². The number of benzene rings is 1. The van der Waals surface area contributed by atoms with Gasteiger partial charge in [0, 0.05) is 5.56 Å². The van der Waals surface area contributed by atoms with E-state index in [4.69, 9.17) is 5.26 Å². The van der Waals surface area contributed by atoms with Crippen molar-refractivity contribution in [2.24, 2.45) is 0 Å². The summed E-state index contributed by atoms with van der Waals surface area (Å²) >= 11 is 0. The molecule has 0 bridgehead atoms. The summed E-state index contributed by atoms with van der Waals surface area (Å²) in [6, 6.07) is 9.05. The third-order valence-corrected chi connectivity index (χ3v) is 2.08. The van der Waals surface area contributed by atoms with Crippen LogP contribution in [0.15, 0.2) is 30.5 Å². The maximum Gasteiger partial charge on any atom is 0.153 e. The van der Waals surface area contributed by atoms with E-state index in [1.807, 2.05) is 12.1 Å². The van der Waals surface area contributed by atoms with E-state index in [0.29, 0.717) is 16.8 Å². The van der Waals surface area contributed by atoms with Crippen LogP contribution >= 0.6 is 0 Å². The second-order valence-electron chi connectivity index (χ2n) is 3.01. The van der Waals surface area contributed by atoms with Crippen LogP contribution in [-0.4, -0.2) is 16.5 Å². The summed E-state index contributed by atoms with van der Waals surface area (Å²) in [5.74, 6) is 0. The number of nitrogens with one attached hydrogen (secondary N) is 1. The van der Waals surface area contributed by atoms with Crippen molar-refractivity contribution in [2.75, 3.05) is 0 Å². The lowest BCUT2D eigenvalue weighted by atomic mass is 10.1. The van der Waals surface area contributed by atoms with Gasteiger partial charge in [-0.25, -0.2) is 0 Å². The van der Waals surface area contributed by atoms with E-state index >= 15 is 0 Å². The summed E-state index contributed by atoms with van der Waals surface area (Å²) in [6.45, 7) is 0. The van der Waals surface area contributed by atoms with Crippen LogP contribution in [0.2, 0.25) is 0 Å². The van der Waals surface area contributed by atoms with Gasteiger partial charge in [0.2, 0.25) is 0 Å². The number of rotatable bonds is 2. The molecule has 4 heteroatoms. The highest BCUT2D eigenvalue weighted by Gasteiger charge is 2.06. The van der Waals surface area contributed by atoms with Crippen LogP contribution < -0.4 is 0 Å². The maximum atomic E-state index is 10.7. The number of aldehydes is 1. The first kappa shape index (κ1) is 9.16. The number of nitriles is 1. The predicted molar refractivity (Wildman–Crippen MR) is 54.1 cm³/mol. The predicted octanol–water partition coefficient (Wildman–Crippen LogP) is 1.76. The van der Waals surface area contributed by atoms with Gasteiger partial charge in [-0.1, -0.05) is 12.1 Å². The van der Waals surface area contributed by atoms with Crippen molar-refractivity contribution >= 4 is 6.29 Å². The molecule has 1 N–H and O–H groups in total. The summed E-state index contributed by atoms with van der Waals surface area (Å²) in [5, 5.41) is 15.3. The lowest BCUT2D eigenvalue weighted by Gasteiger charge is -1.98. The lowest BCUT2D eigenvalue weighted by molar-refractivity contribution is 0.112. The zero-order chi connectivity index (χ0) is 10.7. The topological polar surface area (TPSA) is 69.5 Å². The maximum absolute atomic E-state index is 10.7. The second kappa shape index (κ2) is 3.76. The summed E-state index contributed by atoms with van der Waals surface area (Å²) in [4.78, 5) is 10.7. The molecule has 72 valence electrons. The minimum Gasteiger partial charge on any atom is -0.298 e. The largest absolute Gasteiger partial charge is 0.298 e. The lowest BCUT2D eigenvalue weighted by Crippen LogP contribution is -1.85. The molecule has 0 aliphatic rings. The van der Waals surface area contributed by atoms with E-state index in [1.165, 1.54) is 6.20 Å². The molecule has 0 amide bonds.